The fourth-order valence-corrected chi connectivity index (χ4v) is 5.89. The van der Waals surface area contributed by atoms with Crippen LogP contribution >= 0.6 is 0 Å². The maximum atomic E-state index is 12.8. The minimum absolute atomic E-state index is 0.0482. The highest BCUT2D eigenvalue weighted by molar-refractivity contribution is 6.07. The van der Waals surface area contributed by atoms with E-state index in [2.05, 4.69) is 41.5 Å². The van der Waals surface area contributed by atoms with Crippen molar-refractivity contribution in [1.29, 1.82) is 0 Å². The van der Waals surface area contributed by atoms with Gasteiger partial charge in [-0.25, -0.2) is 14.4 Å². The lowest BCUT2D eigenvalue weighted by Crippen LogP contribution is -2.22. The summed E-state index contributed by atoms with van der Waals surface area (Å²) in [6.07, 6.45) is 14.6. The van der Waals surface area contributed by atoms with Crippen molar-refractivity contribution in [1.82, 2.24) is 0 Å². The van der Waals surface area contributed by atoms with Gasteiger partial charge >= 0.3 is 17.9 Å². The number of carboxylic acids is 3. The van der Waals surface area contributed by atoms with Crippen LogP contribution < -0.4 is 0 Å². The largest absolute Gasteiger partial charge is 0.478 e. The van der Waals surface area contributed by atoms with Gasteiger partial charge in [0.25, 0.3) is 0 Å². The molecule has 0 aliphatic carbocycles. The highest BCUT2D eigenvalue weighted by atomic mass is 16.4. The Hall–Kier alpha value is -2.37. The first-order chi connectivity index (χ1) is 19.4. The van der Waals surface area contributed by atoms with Gasteiger partial charge in [-0.05, 0) is 73.0 Å². The molecule has 0 saturated heterocycles. The first-order valence-electron chi connectivity index (χ1n) is 16.3. The van der Waals surface area contributed by atoms with Gasteiger partial charge < -0.3 is 15.3 Å². The molecule has 1 aromatic rings. The number of benzene rings is 1. The van der Waals surface area contributed by atoms with E-state index in [1.807, 2.05) is 0 Å². The molecule has 0 amide bonds. The summed E-state index contributed by atoms with van der Waals surface area (Å²) in [7, 11) is 0. The lowest BCUT2D eigenvalue weighted by atomic mass is 9.80. The van der Waals surface area contributed by atoms with E-state index >= 15 is 0 Å². The second-order valence-electron chi connectivity index (χ2n) is 13.2. The number of carboxylic acid groups (broad SMARTS) is 3. The summed E-state index contributed by atoms with van der Waals surface area (Å²) in [5.41, 5.74) is 0.739. The Bertz CT molecular complexity index is 960. The van der Waals surface area contributed by atoms with Crippen LogP contribution in [0.3, 0.4) is 0 Å². The standard InChI is InChI=1S/C35H58O6/c1-24(2)18-12-8-7-9-15-22-28-27(21-16-10-13-19-25(3)4)30(33(36)37)29(23-17-11-14-20-26(5)6)32(35(40)41)31(28)34(38)39/h24-26H,7-23H2,1-6H3,(H,36,37)(H,38,39)(H,40,41). The fraction of sp³-hybridized carbons (Fsp3) is 0.743. The molecule has 0 saturated carbocycles. The Morgan fingerprint density at radius 2 is 0.683 bits per heavy atom. The van der Waals surface area contributed by atoms with Crippen LogP contribution in [0.4, 0.5) is 0 Å². The van der Waals surface area contributed by atoms with E-state index in [1.54, 1.807) is 0 Å². The third kappa shape index (κ3) is 13.4. The van der Waals surface area contributed by atoms with Gasteiger partial charge in [0, 0.05) is 0 Å². The minimum atomic E-state index is -1.35. The number of rotatable bonds is 23. The molecule has 0 heterocycles. The van der Waals surface area contributed by atoms with Crippen LogP contribution in [-0.4, -0.2) is 33.2 Å². The van der Waals surface area contributed by atoms with Crippen molar-refractivity contribution in [3.8, 4) is 0 Å². The number of hydrogen-bond acceptors (Lipinski definition) is 3. The van der Waals surface area contributed by atoms with E-state index in [4.69, 9.17) is 0 Å². The van der Waals surface area contributed by atoms with Crippen LogP contribution in [0.2, 0.25) is 0 Å². The van der Waals surface area contributed by atoms with E-state index in [9.17, 15) is 29.7 Å². The molecule has 0 spiro atoms. The first-order valence-corrected chi connectivity index (χ1v) is 16.3. The first kappa shape index (κ1) is 36.7. The summed E-state index contributed by atoms with van der Waals surface area (Å²) < 4.78 is 0. The molecule has 0 unspecified atom stereocenters. The van der Waals surface area contributed by atoms with Crippen LogP contribution in [0.1, 0.15) is 179 Å². The van der Waals surface area contributed by atoms with Crippen molar-refractivity contribution >= 4 is 17.9 Å². The lowest BCUT2D eigenvalue weighted by Gasteiger charge is -2.22. The van der Waals surface area contributed by atoms with Gasteiger partial charge in [-0.2, -0.15) is 0 Å². The molecule has 0 aliphatic rings. The molecule has 1 rings (SSSR count). The van der Waals surface area contributed by atoms with Gasteiger partial charge in [0.15, 0.2) is 0 Å². The van der Waals surface area contributed by atoms with Crippen LogP contribution in [0.25, 0.3) is 0 Å². The van der Waals surface area contributed by atoms with Crippen LogP contribution in [0.5, 0.6) is 0 Å². The number of aromatic carboxylic acids is 3. The van der Waals surface area contributed by atoms with Gasteiger partial charge in [0.1, 0.15) is 0 Å². The predicted molar refractivity (Wildman–Crippen MR) is 168 cm³/mol. The molecule has 3 N–H and O–H groups in total. The smallest absolute Gasteiger partial charge is 0.336 e. The lowest BCUT2D eigenvalue weighted by molar-refractivity contribution is 0.0646. The maximum absolute atomic E-state index is 12.8. The minimum Gasteiger partial charge on any atom is -0.478 e. The molecule has 0 fully saturated rings. The van der Waals surface area contributed by atoms with Crippen molar-refractivity contribution in [2.24, 2.45) is 17.8 Å². The van der Waals surface area contributed by atoms with Crippen molar-refractivity contribution < 1.29 is 29.7 Å². The van der Waals surface area contributed by atoms with E-state index in [0.29, 0.717) is 48.1 Å². The Labute approximate surface area is 249 Å². The quantitative estimate of drug-likeness (QED) is 0.112. The molecule has 1 aromatic carbocycles. The van der Waals surface area contributed by atoms with Crippen molar-refractivity contribution in [2.75, 3.05) is 0 Å². The van der Waals surface area contributed by atoms with Gasteiger partial charge in [-0.15, -0.1) is 0 Å². The van der Waals surface area contributed by atoms with Gasteiger partial charge in [0.05, 0.1) is 16.7 Å². The predicted octanol–water partition coefficient (Wildman–Crippen LogP) is 9.84. The molecule has 0 bridgehead atoms. The van der Waals surface area contributed by atoms with Gasteiger partial charge in [-0.1, -0.05) is 112 Å². The maximum Gasteiger partial charge on any atom is 0.336 e. The van der Waals surface area contributed by atoms with Crippen molar-refractivity contribution in [3.05, 3.63) is 33.4 Å². The zero-order chi connectivity index (χ0) is 30.9. The zero-order valence-corrected chi connectivity index (χ0v) is 26.8. The summed E-state index contributed by atoms with van der Waals surface area (Å²) in [6.45, 7) is 13.1. The topological polar surface area (TPSA) is 112 Å². The molecule has 0 aliphatic heterocycles. The summed E-state index contributed by atoms with van der Waals surface area (Å²) >= 11 is 0. The van der Waals surface area contributed by atoms with Crippen LogP contribution in [0, 0.1) is 17.8 Å². The fourth-order valence-electron chi connectivity index (χ4n) is 5.89. The Morgan fingerprint density at radius 3 is 1.05 bits per heavy atom. The van der Waals surface area contributed by atoms with E-state index in [0.717, 1.165) is 77.0 Å². The average Bonchev–Trinajstić information content (AvgIpc) is 2.86. The second kappa shape index (κ2) is 19.7. The number of carbonyl (C=O) groups is 3. The molecular formula is C35H58O6. The van der Waals surface area contributed by atoms with Gasteiger partial charge in [0.2, 0.25) is 0 Å². The monoisotopic (exact) mass is 574 g/mol. The number of unbranched alkanes of at least 4 members (excludes halogenated alkanes) is 8. The zero-order valence-electron chi connectivity index (χ0n) is 26.8. The molecule has 0 atom stereocenters. The Balaban J connectivity index is 3.46. The summed E-state index contributed by atoms with van der Waals surface area (Å²) in [5.74, 6) is -1.93. The van der Waals surface area contributed by atoms with Crippen molar-refractivity contribution in [3.63, 3.8) is 0 Å². The van der Waals surface area contributed by atoms with E-state index in [-0.39, 0.29) is 28.7 Å². The van der Waals surface area contributed by atoms with Crippen LogP contribution in [-0.2, 0) is 19.3 Å². The molecule has 234 valence electrons. The molecule has 0 radical (unpaired) electrons. The molecule has 6 nitrogen and oxygen atoms in total. The molecule has 0 aromatic heterocycles. The average molecular weight is 575 g/mol. The SMILES string of the molecule is CC(C)CCCCCCCc1c(CCCCCC(C)C)c(C(=O)O)c(CCCCCC(C)C)c(C(=O)O)c1C(=O)O. The Morgan fingerprint density at radius 1 is 0.415 bits per heavy atom. The third-order valence-electron chi connectivity index (χ3n) is 8.09. The third-order valence-corrected chi connectivity index (χ3v) is 8.09. The summed E-state index contributed by atoms with van der Waals surface area (Å²) in [4.78, 5) is 38.0. The van der Waals surface area contributed by atoms with Crippen molar-refractivity contribution in [2.45, 2.75) is 151 Å². The second-order valence-corrected chi connectivity index (χ2v) is 13.2. The number of hydrogen-bond donors (Lipinski definition) is 3. The van der Waals surface area contributed by atoms with E-state index < -0.39 is 17.9 Å². The Kier molecular flexibility index (Phi) is 17.6. The molecular weight excluding hydrogens is 516 g/mol. The normalized spacial score (nSPS) is 11.6. The van der Waals surface area contributed by atoms with Gasteiger partial charge in [-0.3, -0.25) is 0 Å². The summed E-state index contributed by atoms with van der Waals surface area (Å²) in [5, 5.41) is 31.0. The summed E-state index contributed by atoms with van der Waals surface area (Å²) in [6, 6.07) is 0. The van der Waals surface area contributed by atoms with E-state index in [1.165, 1.54) is 6.42 Å². The van der Waals surface area contributed by atoms with Crippen LogP contribution in [0.15, 0.2) is 0 Å². The molecule has 41 heavy (non-hydrogen) atoms. The molecule has 6 heteroatoms. The highest BCUT2D eigenvalue weighted by Crippen LogP contribution is 2.33. The highest BCUT2D eigenvalue weighted by Gasteiger charge is 2.32.